The minimum absolute atomic E-state index is 0.147. The van der Waals surface area contributed by atoms with Gasteiger partial charge in [-0.25, -0.2) is 0 Å². The van der Waals surface area contributed by atoms with E-state index in [9.17, 15) is 0 Å². The van der Waals surface area contributed by atoms with Crippen molar-refractivity contribution in [3.05, 3.63) is 95.0 Å². The van der Waals surface area contributed by atoms with Crippen molar-refractivity contribution in [2.75, 3.05) is 32.0 Å². The van der Waals surface area contributed by atoms with Gasteiger partial charge in [0.25, 0.3) is 0 Å². The van der Waals surface area contributed by atoms with Gasteiger partial charge in [0.2, 0.25) is 0 Å². The molecule has 0 aliphatic carbocycles. The summed E-state index contributed by atoms with van der Waals surface area (Å²) in [5, 5.41) is 0.748. The lowest BCUT2D eigenvalue weighted by Crippen LogP contribution is -2.38. The van der Waals surface area contributed by atoms with Gasteiger partial charge in [-0.3, -0.25) is 0 Å². The zero-order valence-corrected chi connectivity index (χ0v) is 19.1. The molecular weight excluding hydrogens is 420 g/mol. The third-order valence-corrected chi connectivity index (χ3v) is 6.29. The van der Waals surface area contributed by atoms with Gasteiger partial charge in [0.1, 0.15) is 11.9 Å². The van der Waals surface area contributed by atoms with Crippen molar-refractivity contribution in [1.82, 2.24) is 4.90 Å². The highest BCUT2D eigenvalue weighted by molar-refractivity contribution is 6.31. The molecule has 1 saturated heterocycles. The number of hydrogen-bond acceptors (Lipinski definition) is 4. The number of ether oxygens (including phenoxy) is 2. The minimum Gasteiger partial charge on any atom is -0.491 e. The molecule has 4 rings (SSSR count). The fourth-order valence-corrected chi connectivity index (χ4v) is 4.43. The average molecular weight is 451 g/mol. The number of benzene rings is 3. The summed E-state index contributed by atoms with van der Waals surface area (Å²) >= 11 is 6.53. The molecule has 1 unspecified atom stereocenters. The van der Waals surface area contributed by atoms with E-state index < -0.39 is 0 Å². The number of nitrogens with zero attached hydrogens (tertiary/aromatic N) is 1. The Morgan fingerprint density at radius 1 is 0.906 bits per heavy atom. The Labute approximate surface area is 195 Å². The molecule has 2 N–H and O–H groups in total. The zero-order chi connectivity index (χ0) is 22.2. The summed E-state index contributed by atoms with van der Waals surface area (Å²) in [5.74, 6) is 0.770. The van der Waals surface area contributed by atoms with Crippen LogP contribution in [0.1, 0.15) is 36.5 Å². The Bertz CT molecular complexity index is 974. The standard InChI is InChI=1S/C27H31ClN2O2/c28-24-12-5-4-11-23(24)27(21-9-2-1-3-10-21)32-22-15-18-30(19-16-22)17-8-20-31-26-14-7-6-13-25(26)29/h1-7,9-14,22,27H,8,15-20,29H2. The maximum atomic E-state index is 6.64. The molecular formula is C27H31ClN2O2. The molecule has 5 heteroatoms. The molecule has 1 aliphatic rings. The number of nitrogen functional groups attached to an aromatic ring is 1. The Morgan fingerprint density at radius 3 is 2.34 bits per heavy atom. The van der Waals surface area contributed by atoms with Gasteiger partial charge in [0.15, 0.2) is 0 Å². The Kier molecular flexibility index (Phi) is 8.05. The third kappa shape index (κ3) is 6.04. The fourth-order valence-electron chi connectivity index (χ4n) is 4.19. The molecule has 4 nitrogen and oxygen atoms in total. The van der Waals surface area contributed by atoms with Crippen molar-refractivity contribution >= 4 is 17.3 Å². The first-order valence-corrected chi connectivity index (χ1v) is 11.7. The number of para-hydroxylation sites is 2. The maximum absolute atomic E-state index is 6.64. The molecule has 32 heavy (non-hydrogen) atoms. The molecule has 1 atom stereocenters. The number of nitrogens with two attached hydrogens (primary N) is 1. The summed E-state index contributed by atoms with van der Waals surface area (Å²) in [7, 11) is 0. The molecule has 3 aromatic carbocycles. The van der Waals surface area contributed by atoms with Crippen LogP contribution in [0.5, 0.6) is 5.75 Å². The Morgan fingerprint density at radius 2 is 1.59 bits per heavy atom. The first kappa shape index (κ1) is 22.7. The van der Waals surface area contributed by atoms with E-state index in [2.05, 4.69) is 35.2 Å². The third-order valence-electron chi connectivity index (χ3n) is 5.95. The second kappa shape index (κ2) is 11.4. The van der Waals surface area contributed by atoms with Gasteiger partial charge in [-0.2, -0.15) is 0 Å². The van der Waals surface area contributed by atoms with Crippen molar-refractivity contribution in [3.8, 4) is 5.75 Å². The van der Waals surface area contributed by atoms with Gasteiger partial charge < -0.3 is 20.1 Å². The highest BCUT2D eigenvalue weighted by Gasteiger charge is 2.25. The van der Waals surface area contributed by atoms with Crippen LogP contribution >= 0.6 is 11.6 Å². The highest BCUT2D eigenvalue weighted by Crippen LogP contribution is 2.34. The van der Waals surface area contributed by atoms with Crippen LogP contribution < -0.4 is 10.5 Å². The summed E-state index contributed by atoms with van der Waals surface area (Å²) in [4.78, 5) is 2.49. The monoisotopic (exact) mass is 450 g/mol. The van der Waals surface area contributed by atoms with Crippen LogP contribution in [0.25, 0.3) is 0 Å². The van der Waals surface area contributed by atoms with E-state index in [0.29, 0.717) is 12.3 Å². The number of piperidine rings is 1. The van der Waals surface area contributed by atoms with E-state index in [0.717, 1.165) is 60.8 Å². The molecule has 0 bridgehead atoms. The molecule has 0 saturated carbocycles. The number of hydrogen-bond donors (Lipinski definition) is 1. The van der Waals surface area contributed by atoms with Gasteiger partial charge in [-0.05, 0) is 43.0 Å². The quantitative estimate of drug-likeness (QED) is 0.322. The van der Waals surface area contributed by atoms with Crippen LogP contribution in [0.3, 0.4) is 0 Å². The molecule has 1 heterocycles. The largest absolute Gasteiger partial charge is 0.491 e. The first-order chi connectivity index (χ1) is 15.7. The number of likely N-dealkylation sites (tertiary alicyclic amines) is 1. The second-order valence-electron chi connectivity index (χ2n) is 8.23. The predicted octanol–water partition coefficient (Wildman–Crippen LogP) is 5.96. The van der Waals surface area contributed by atoms with Gasteiger partial charge in [-0.1, -0.05) is 72.3 Å². The van der Waals surface area contributed by atoms with E-state index in [1.165, 1.54) is 0 Å². The van der Waals surface area contributed by atoms with Crippen LogP contribution in [0.15, 0.2) is 78.9 Å². The molecule has 168 valence electrons. The SMILES string of the molecule is Nc1ccccc1OCCCN1CCC(OC(c2ccccc2)c2ccccc2Cl)CC1. The van der Waals surface area contributed by atoms with Crippen LogP contribution in [0.2, 0.25) is 5.02 Å². The van der Waals surface area contributed by atoms with Crippen molar-refractivity contribution in [3.63, 3.8) is 0 Å². The van der Waals surface area contributed by atoms with E-state index >= 15 is 0 Å². The number of anilines is 1. The lowest BCUT2D eigenvalue weighted by atomic mass is 10.00. The van der Waals surface area contributed by atoms with E-state index in [4.69, 9.17) is 26.8 Å². The summed E-state index contributed by atoms with van der Waals surface area (Å²) < 4.78 is 12.5. The summed E-state index contributed by atoms with van der Waals surface area (Å²) in [6.07, 6.45) is 3.08. The number of rotatable bonds is 9. The van der Waals surface area contributed by atoms with Crippen molar-refractivity contribution in [2.24, 2.45) is 0 Å². The van der Waals surface area contributed by atoms with E-state index in [-0.39, 0.29) is 12.2 Å². The zero-order valence-electron chi connectivity index (χ0n) is 18.3. The van der Waals surface area contributed by atoms with E-state index in [1.54, 1.807) is 0 Å². The van der Waals surface area contributed by atoms with Crippen molar-refractivity contribution in [2.45, 2.75) is 31.5 Å². The Balaban J connectivity index is 1.27. The molecule has 0 radical (unpaired) electrons. The minimum atomic E-state index is -0.147. The first-order valence-electron chi connectivity index (χ1n) is 11.3. The van der Waals surface area contributed by atoms with Gasteiger partial charge >= 0.3 is 0 Å². The topological polar surface area (TPSA) is 47.7 Å². The summed E-state index contributed by atoms with van der Waals surface area (Å²) in [5.41, 5.74) is 8.80. The van der Waals surface area contributed by atoms with Gasteiger partial charge in [0.05, 0.1) is 18.4 Å². The average Bonchev–Trinajstić information content (AvgIpc) is 2.83. The van der Waals surface area contributed by atoms with Crippen molar-refractivity contribution in [1.29, 1.82) is 0 Å². The maximum Gasteiger partial charge on any atom is 0.142 e. The highest BCUT2D eigenvalue weighted by atomic mass is 35.5. The van der Waals surface area contributed by atoms with Gasteiger partial charge in [0, 0.05) is 30.2 Å². The lowest BCUT2D eigenvalue weighted by molar-refractivity contribution is -0.0273. The van der Waals surface area contributed by atoms with Crippen LogP contribution in [-0.2, 0) is 4.74 Å². The molecule has 0 aromatic heterocycles. The van der Waals surface area contributed by atoms with Gasteiger partial charge in [-0.15, -0.1) is 0 Å². The smallest absolute Gasteiger partial charge is 0.142 e. The van der Waals surface area contributed by atoms with Crippen LogP contribution in [0.4, 0.5) is 5.69 Å². The summed E-state index contributed by atoms with van der Waals surface area (Å²) in [6.45, 7) is 3.75. The Hall–Kier alpha value is -2.53. The molecule has 0 spiro atoms. The van der Waals surface area contributed by atoms with E-state index in [1.807, 2.05) is 48.5 Å². The summed E-state index contributed by atoms with van der Waals surface area (Å²) in [6, 6.07) is 26.0. The van der Waals surface area contributed by atoms with Crippen LogP contribution in [-0.4, -0.2) is 37.2 Å². The molecule has 1 fully saturated rings. The normalized spacial score (nSPS) is 16.0. The fraction of sp³-hybridized carbons (Fsp3) is 0.333. The predicted molar refractivity (Wildman–Crippen MR) is 131 cm³/mol. The molecule has 0 amide bonds. The number of halogens is 1. The van der Waals surface area contributed by atoms with Crippen LogP contribution in [0, 0.1) is 0 Å². The second-order valence-corrected chi connectivity index (χ2v) is 8.64. The molecule has 1 aliphatic heterocycles. The van der Waals surface area contributed by atoms with Crippen molar-refractivity contribution < 1.29 is 9.47 Å². The molecule has 3 aromatic rings. The lowest BCUT2D eigenvalue weighted by Gasteiger charge is -2.34.